The third-order valence-electron chi connectivity index (χ3n) is 7.20. The largest absolute Gasteiger partial charge is 0.508 e. The SMILES string of the molecule is Cc1ccc(C23CC4CC(C2)CC(c2ccc(O)cc2)(C4)C3)cc1. The fourth-order valence-electron chi connectivity index (χ4n) is 6.66. The van der Waals surface area contributed by atoms with E-state index in [1.54, 1.807) is 5.56 Å². The van der Waals surface area contributed by atoms with Crippen molar-refractivity contribution in [2.45, 2.75) is 56.3 Å². The van der Waals surface area contributed by atoms with E-state index < -0.39 is 0 Å². The van der Waals surface area contributed by atoms with E-state index in [4.69, 9.17) is 0 Å². The van der Waals surface area contributed by atoms with E-state index in [9.17, 15) is 5.11 Å². The molecular weight excluding hydrogens is 292 g/mol. The van der Waals surface area contributed by atoms with Crippen LogP contribution in [0.25, 0.3) is 0 Å². The first-order valence-electron chi connectivity index (χ1n) is 9.44. The lowest BCUT2D eigenvalue weighted by atomic mass is 9.42. The van der Waals surface area contributed by atoms with Crippen molar-refractivity contribution in [3.05, 3.63) is 65.2 Å². The van der Waals surface area contributed by atoms with Gasteiger partial charge in [0.1, 0.15) is 5.75 Å². The van der Waals surface area contributed by atoms with Crippen LogP contribution in [-0.4, -0.2) is 5.11 Å². The van der Waals surface area contributed by atoms with Crippen LogP contribution in [0.1, 0.15) is 55.2 Å². The van der Waals surface area contributed by atoms with Crippen LogP contribution in [0, 0.1) is 18.8 Å². The number of phenolic OH excluding ortho intramolecular Hbond substituents is 1. The molecule has 2 unspecified atom stereocenters. The maximum Gasteiger partial charge on any atom is 0.115 e. The van der Waals surface area contributed by atoms with Crippen molar-refractivity contribution in [3.63, 3.8) is 0 Å². The van der Waals surface area contributed by atoms with Crippen molar-refractivity contribution in [1.82, 2.24) is 0 Å². The van der Waals surface area contributed by atoms with Crippen LogP contribution in [-0.2, 0) is 10.8 Å². The summed E-state index contributed by atoms with van der Waals surface area (Å²) in [4.78, 5) is 0. The molecule has 0 amide bonds. The fraction of sp³-hybridized carbons (Fsp3) is 0.478. The highest BCUT2D eigenvalue weighted by Gasteiger charge is 2.58. The molecule has 0 spiro atoms. The van der Waals surface area contributed by atoms with Gasteiger partial charge in [0, 0.05) is 0 Å². The molecule has 0 heterocycles. The fourth-order valence-corrected chi connectivity index (χ4v) is 6.66. The summed E-state index contributed by atoms with van der Waals surface area (Å²) in [5, 5.41) is 9.69. The van der Waals surface area contributed by atoms with Crippen molar-refractivity contribution in [2.75, 3.05) is 0 Å². The number of hydrogen-bond acceptors (Lipinski definition) is 1. The zero-order valence-electron chi connectivity index (χ0n) is 14.5. The van der Waals surface area contributed by atoms with Gasteiger partial charge in [0.2, 0.25) is 0 Å². The predicted molar refractivity (Wildman–Crippen MR) is 97.3 cm³/mol. The third kappa shape index (κ3) is 2.06. The second-order valence-corrected chi connectivity index (χ2v) is 8.93. The molecule has 124 valence electrons. The van der Waals surface area contributed by atoms with Gasteiger partial charge in [-0.2, -0.15) is 0 Å². The first-order valence-corrected chi connectivity index (χ1v) is 9.44. The van der Waals surface area contributed by atoms with Crippen molar-refractivity contribution in [2.24, 2.45) is 11.8 Å². The Hall–Kier alpha value is -1.76. The number of phenols is 1. The molecule has 1 nitrogen and oxygen atoms in total. The Kier molecular flexibility index (Phi) is 2.96. The van der Waals surface area contributed by atoms with Crippen LogP contribution in [0.2, 0.25) is 0 Å². The van der Waals surface area contributed by atoms with Gasteiger partial charge in [0.25, 0.3) is 0 Å². The number of aryl methyl sites for hydroxylation is 1. The summed E-state index contributed by atoms with van der Waals surface area (Å²) >= 11 is 0. The summed E-state index contributed by atoms with van der Waals surface area (Å²) in [5.74, 6) is 2.14. The standard InChI is InChI=1S/C23H26O/c1-16-2-4-19(5-3-16)22-11-17-10-18(12-22)14-23(13-17,15-22)20-6-8-21(24)9-7-20/h2-9,17-18,24H,10-15H2,1H3. The van der Waals surface area contributed by atoms with Gasteiger partial charge in [-0.1, -0.05) is 42.0 Å². The number of benzene rings is 2. The van der Waals surface area contributed by atoms with Crippen LogP contribution < -0.4 is 0 Å². The minimum Gasteiger partial charge on any atom is -0.508 e. The van der Waals surface area contributed by atoms with Gasteiger partial charge >= 0.3 is 0 Å². The van der Waals surface area contributed by atoms with Gasteiger partial charge in [-0.25, -0.2) is 0 Å². The zero-order valence-corrected chi connectivity index (χ0v) is 14.5. The molecule has 4 bridgehead atoms. The Labute approximate surface area is 144 Å². The number of hydrogen-bond donors (Lipinski definition) is 1. The number of aromatic hydroxyl groups is 1. The lowest BCUT2D eigenvalue weighted by Gasteiger charge is -2.62. The summed E-state index contributed by atoms with van der Waals surface area (Å²) in [6.45, 7) is 2.18. The summed E-state index contributed by atoms with van der Waals surface area (Å²) in [6, 6.07) is 17.5. The van der Waals surface area contributed by atoms with E-state index in [1.165, 1.54) is 49.7 Å². The van der Waals surface area contributed by atoms with Crippen LogP contribution in [0.5, 0.6) is 5.75 Å². The Morgan fingerprint density at radius 2 is 1.21 bits per heavy atom. The molecule has 4 fully saturated rings. The Morgan fingerprint density at radius 3 is 1.71 bits per heavy atom. The topological polar surface area (TPSA) is 20.2 Å². The first kappa shape index (κ1) is 14.6. The smallest absolute Gasteiger partial charge is 0.115 e. The molecule has 0 aromatic heterocycles. The molecule has 4 aliphatic carbocycles. The Morgan fingerprint density at radius 1 is 0.750 bits per heavy atom. The van der Waals surface area contributed by atoms with Crippen molar-refractivity contribution < 1.29 is 5.11 Å². The Bertz CT molecular complexity index is 678. The molecule has 24 heavy (non-hydrogen) atoms. The average molecular weight is 318 g/mol. The van der Waals surface area contributed by atoms with E-state index in [0.717, 1.165) is 11.8 Å². The molecule has 2 aromatic rings. The maximum absolute atomic E-state index is 9.69. The van der Waals surface area contributed by atoms with E-state index in [0.29, 0.717) is 16.6 Å². The second kappa shape index (κ2) is 4.88. The molecular formula is C23H26O. The Balaban J connectivity index is 1.59. The molecule has 6 rings (SSSR count). The summed E-state index contributed by atoms with van der Waals surface area (Å²) < 4.78 is 0. The van der Waals surface area contributed by atoms with Gasteiger partial charge in [-0.05, 0) is 91.4 Å². The van der Waals surface area contributed by atoms with Crippen LogP contribution in [0.15, 0.2) is 48.5 Å². The number of rotatable bonds is 2. The van der Waals surface area contributed by atoms with Gasteiger partial charge in [-0.3, -0.25) is 0 Å². The summed E-state index contributed by atoms with van der Waals surface area (Å²) in [7, 11) is 0. The van der Waals surface area contributed by atoms with Gasteiger partial charge in [0.15, 0.2) is 0 Å². The molecule has 1 heteroatoms. The molecule has 0 radical (unpaired) electrons. The van der Waals surface area contributed by atoms with Crippen LogP contribution >= 0.6 is 0 Å². The maximum atomic E-state index is 9.69. The monoisotopic (exact) mass is 318 g/mol. The van der Waals surface area contributed by atoms with Crippen LogP contribution in [0.4, 0.5) is 0 Å². The van der Waals surface area contributed by atoms with Crippen molar-refractivity contribution >= 4 is 0 Å². The minimum atomic E-state index is 0.336. The molecule has 2 aromatic carbocycles. The molecule has 4 saturated carbocycles. The molecule has 4 aliphatic rings. The predicted octanol–water partition coefficient (Wildman–Crippen LogP) is 5.49. The summed E-state index contributed by atoms with van der Waals surface area (Å²) in [6.07, 6.45) is 8.19. The highest BCUT2D eigenvalue weighted by Crippen LogP contribution is 2.66. The lowest BCUT2D eigenvalue weighted by molar-refractivity contribution is -0.0281. The molecule has 0 saturated heterocycles. The highest BCUT2D eigenvalue weighted by atomic mass is 16.3. The van der Waals surface area contributed by atoms with Gasteiger partial charge < -0.3 is 5.11 Å². The summed E-state index contributed by atoms with van der Waals surface area (Å²) in [5.41, 5.74) is 5.12. The van der Waals surface area contributed by atoms with Gasteiger partial charge in [-0.15, -0.1) is 0 Å². The first-order chi connectivity index (χ1) is 11.6. The minimum absolute atomic E-state index is 0.336. The van der Waals surface area contributed by atoms with Crippen LogP contribution in [0.3, 0.4) is 0 Å². The van der Waals surface area contributed by atoms with Crippen molar-refractivity contribution in [3.8, 4) is 5.75 Å². The van der Waals surface area contributed by atoms with E-state index in [2.05, 4.69) is 43.3 Å². The molecule has 1 N–H and O–H groups in total. The third-order valence-corrected chi connectivity index (χ3v) is 7.20. The van der Waals surface area contributed by atoms with Gasteiger partial charge in [0.05, 0.1) is 0 Å². The van der Waals surface area contributed by atoms with E-state index in [-0.39, 0.29) is 0 Å². The van der Waals surface area contributed by atoms with Crippen molar-refractivity contribution in [1.29, 1.82) is 0 Å². The van der Waals surface area contributed by atoms with E-state index >= 15 is 0 Å². The highest BCUT2D eigenvalue weighted by molar-refractivity contribution is 5.39. The molecule has 2 atom stereocenters. The lowest BCUT2D eigenvalue weighted by Crippen LogP contribution is -2.55. The molecule has 0 aliphatic heterocycles. The average Bonchev–Trinajstić information content (AvgIpc) is 2.54. The quantitative estimate of drug-likeness (QED) is 0.776. The second-order valence-electron chi connectivity index (χ2n) is 8.93. The van der Waals surface area contributed by atoms with E-state index in [1.807, 2.05) is 12.1 Å². The zero-order chi connectivity index (χ0) is 16.4. The normalized spacial score (nSPS) is 36.9.